The molecule has 0 bridgehead atoms. The summed E-state index contributed by atoms with van der Waals surface area (Å²) in [5.41, 5.74) is 0.378. The highest BCUT2D eigenvalue weighted by Gasteiger charge is 2.04. The lowest BCUT2D eigenvalue weighted by Crippen LogP contribution is -2.28. The zero-order valence-electron chi connectivity index (χ0n) is 7.25. The van der Waals surface area contributed by atoms with Crippen LogP contribution in [-0.2, 0) is 14.6 Å². The molecule has 0 unspecified atom stereocenters. The van der Waals surface area contributed by atoms with Crippen molar-refractivity contribution in [1.29, 1.82) is 0 Å². The Morgan fingerprint density at radius 2 is 2.00 bits per heavy atom. The molecule has 0 spiro atoms. The largest absolute Gasteiger partial charge is 0.351 e. The van der Waals surface area contributed by atoms with Gasteiger partial charge in [0.05, 0.1) is 5.75 Å². The Bertz CT molecular complexity index is 279. The van der Waals surface area contributed by atoms with Crippen molar-refractivity contribution in [2.24, 2.45) is 0 Å². The smallest absolute Gasteiger partial charge is 0.246 e. The summed E-state index contributed by atoms with van der Waals surface area (Å²) in [6.07, 6.45) is 1.12. The van der Waals surface area contributed by atoms with Crippen LogP contribution in [0.1, 0.15) is 6.92 Å². The molecule has 4 nitrogen and oxygen atoms in total. The molecule has 0 radical (unpaired) electrons. The molecule has 0 aromatic heterocycles. The normalized spacial score (nSPS) is 10.8. The Morgan fingerprint density at radius 3 is 2.33 bits per heavy atom. The Balaban J connectivity index is 3.73. The SMILES string of the molecule is C=C(C)C(=O)NCCS(C)(=O)=O. The maximum atomic E-state index is 10.8. The molecule has 12 heavy (non-hydrogen) atoms. The van der Waals surface area contributed by atoms with Crippen LogP contribution in [0.4, 0.5) is 0 Å². The van der Waals surface area contributed by atoms with Gasteiger partial charge in [-0.2, -0.15) is 0 Å². The van der Waals surface area contributed by atoms with Crippen LogP contribution in [0.25, 0.3) is 0 Å². The average Bonchev–Trinajstić information content (AvgIpc) is 1.84. The lowest BCUT2D eigenvalue weighted by atomic mass is 10.3. The van der Waals surface area contributed by atoms with Gasteiger partial charge in [0.25, 0.3) is 0 Å². The van der Waals surface area contributed by atoms with E-state index >= 15 is 0 Å². The number of hydrogen-bond acceptors (Lipinski definition) is 3. The summed E-state index contributed by atoms with van der Waals surface area (Å²) < 4.78 is 21.2. The van der Waals surface area contributed by atoms with E-state index in [1.54, 1.807) is 6.92 Å². The molecule has 70 valence electrons. The van der Waals surface area contributed by atoms with E-state index in [1.807, 2.05) is 0 Å². The predicted octanol–water partition coefficient (Wildman–Crippen LogP) is -0.277. The Hall–Kier alpha value is -0.840. The fraction of sp³-hybridized carbons (Fsp3) is 0.571. The molecule has 0 heterocycles. The number of carbonyl (C=O) groups is 1. The van der Waals surface area contributed by atoms with Crippen LogP contribution in [0, 0.1) is 0 Å². The van der Waals surface area contributed by atoms with Crippen molar-refractivity contribution in [3.05, 3.63) is 12.2 Å². The molecular weight excluding hydrogens is 178 g/mol. The molecule has 0 atom stereocenters. The number of amides is 1. The van der Waals surface area contributed by atoms with Crippen molar-refractivity contribution in [1.82, 2.24) is 5.32 Å². The maximum Gasteiger partial charge on any atom is 0.246 e. The van der Waals surface area contributed by atoms with Gasteiger partial charge in [-0.25, -0.2) is 8.42 Å². The first kappa shape index (κ1) is 11.2. The van der Waals surface area contributed by atoms with Crippen LogP contribution >= 0.6 is 0 Å². The number of nitrogens with one attached hydrogen (secondary N) is 1. The number of sulfone groups is 1. The zero-order chi connectivity index (χ0) is 9.78. The maximum absolute atomic E-state index is 10.8. The minimum atomic E-state index is -2.99. The Morgan fingerprint density at radius 1 is 1.50 bits per heavy atom. The van der Waals surface area contributed by atoms with Gasteiger partial charge >= 0.3 is 0 Å². The molecule has 0 rings (SSSR count). The standard InChI is InChI=1S/C7H13NO3S/c1-6(2)7(9)8-4-5-12(3,10)11/h1,4-5H2,2-3H3,(H,8,9). The highest BCUT2D eigenvalue weighted by molar-refractivity contribution is 7.90. The first-order chi connectivity index (χ1) is 5.33. The van der Waals surface area contributed by atoms with Gasteiger partial charge in [-0.15, -0.1) is 0 Å². The van der Waals surface area contributed by atoms with Gasteiger partial charge in [0, 0.05) is 18.4 Å². The Labute approximate surface area is 72.6 Å². The summed E-state index contributed by atoms with van der Waals surface area (Å²) in [6, 6.07) is 0. The lowest BCUT2D eigenvalue weighted by Gasteiger charge is -2.02. The van der Waals surface area contributed by atoms with Crippen LogP contribution in [0.2, 0.25) is 0 Å². The average molecular weight is 191 g/mol. The van der Waals surface area contributed by atoms with Crippen LogP contribution in [0.15, 0.2) is 12.2 Å². The highest BCUT2D eigenvalue weighted by atomic mass is 32.2. The molecule has 1 amide bonds. The van der Waals surface area contributed by atoms with Crippen molar-refractivity contribution in [3.63, 3.8) is 0 Å². The van der Waals surface area contributed by atoms with Gasteiger partial charge in [-0.1, -0.05) is 6.58 Å². The topological polar surface area (TPSA) is 63.2 Å². The van der Waals surface area contributed by atoms with E-state index in [0.717, 1.165) is 6.26 Å². The number of rotatable bonds is 4. The summed E-state index contributed by atoms with van der Waals surface area (Å²) in [5.74, 6) is -0.342. The Kier molecular flexibility index (Phi) is 3.95. The monoisotopic (exact) mass is 191 g/mol. The molecule has 1 N–H and O–H groups in total. The van der Waals surface area contributed by atoms with Crippen molar-refractivity contribution in [3.8, 4) is 0 Å². The fourth-order valence-corrected chi connectivity index (χ4v) is 0.974. The van der Waals surface area contributed by atoms with Gasteiger partial charge in [0.2, 0.25) is 5.91 Å². The van der Waals surface area contributed by atoms with Gasteiger partial charge in [0.15, 0.2) is 0 Å². The van der Waals surface area contributed by atoms with Gasteiger partial charge in [-0.05, 0) is 6.92 Å². The van der Waals surface area contributed by atoms with Crippen molar-refractivity contribution in [2.75, 3.05) is 18.6 Å². The summed E-state index contributed by atoms with van der Waals surface area (Å²) in [7, 11) is -2.99. The first-order valence-corrected chi connectivity index (χ1v) is 5.50. The van der Waals surface area contributed by atoms with Crippen molar-refractivity contribution >= 4 is 15.7 Å². The molecule has 0 saturated carbocycles. The van der Waals surface area contributed by atoms with Crippen LogP contribution < -0.4 is 5.32 Å². The first-order valence-electron chi connectivity index (χ1n) is 3.44. The minimum absolute atomic E-state index is 0.0357. The molecule has 5 heteroatoms. The molecule has 0 saturated heterocycles. The molecule has 0 aliphatic rings. The summed E-state index contributed by atoms with van der Waals surface area (Å²) >= 11 is 0. The van der Waals surface area contributed by atoms with Crippen LogP contribution in [0.3, 0.4) is 0 Å². The third-order valence-corrected chi connectivity index (χ3v) is 2.09. The summed E-state index contributed by atoms with van der Waals surface area (Å²) in [4.78, 5) is 10.8. The van der Waals surface area contributed by atoms with Gasteiger partial charge < -0.3 is 5.32 Å². The van der Waals surface area contributed by atoms with E-state index in [1.165, 1.54) is 0 Å². The second-order valence-corrected chi connectivity index (χ2v) is 4.93. The molecule has 0 aromatic carbocycles. The van der Waals surface area contributed by atoms with Gasteiger partial charge in [0.1, 0.15) is 9.84 Å². The minimum Gasteiger partial charge on any atom is -0.351 e. The molecule has 0 fully saturated rings. The third-order valence-electron chi connectivity index (χ3n) is 1.15. The lowest BCUT2D eigenvalue weighted by molar-refractivity contribution is -0.117. The molecule has 0 aromatic rings. The molecular formula is C7H13NO3S. The third kappa shape index (κ3) is 5.91. The number of carbonyl (C=O) groups excluding carboxylic acids is 1. The molecule has 0 aliphatic carbocycles. The molecule has 0 aliphatic heterocycles. The van der Waals surface area contributed by atoms with Crippen LogP contribution in [0.5, 0.6) is 0 Å². The van der Waals surface area contributed by atoms with Crippen molar-refractivity contribution < 1.29 is 13.2 Å². The fourth-order valence-electron chi connectivity index (χ4n) is 0.501. The second kappa shape index (κ2) is 4.25. The second-order valence-electron chi connectivity index (χ2n) is 2.67. The van der Waals surface area contributed by atoms with E-state index < -0.39 is 9.84 Å². The van der Waals surface area contributed by atoms with Crippen LogP contribution in [-0.4, -0.2) is 32.9 Å². The zero-order valence-corrected chi connectivity index (χ0v) is 8.07. The quantitative estimate of drug-likeness (QED) is 0.622. The van der Waals surface area contributed by atoms with E-state index in [-0.39, 0.29) is 18.2 Å². The highest BCUT2D eigenvalue weighted by Crippen LogP contribution is 1.86. The van der Waals surface area contributed by atoms with Gasteiger partial charge in [-0.3, -0.25) is 4.79 Å². The number of hydrogen-bond donors (Lipinski definition) is 1. The summed E-state index contributed by atoms with van der Waals surface area (Å²) in [5, 5.41) is 2.42. The van der Waals surface area contributed by atoms with E-state index in [0.29, 0.717) is 5.57 Å². The summed E-state index contributed by atoms with van der Waals surface area (Å²) in [6.45, 7) is 5.12. The predicted molar refractivity (Wildman–Crippen MR) is 47.5 cm³/mol. The van der Waals surface area contributed by atoms with E-state index in [4.69, 9.17) is 0 Å². The van der Waals surface area contributed by atoms with E-state index in [9.17, 15) is 13.2 Å². The van der Waals surface area contributed by atoms with E-state index in [2.05, 4.69) is 11.9 Å². The van der Waals surface area contributed by atoms with Crippen molar-refractivity contribution in [2.45, 2.75) is 6.92 Å².